The molecule has 1 saturated heterocycles. The van der Waals surface area contributed by atoms with Gasteiger partial charge in [-0.3, -0.25) is 9.98 Å². The number of nitrogens with zero attached hydrogens (tertiary/aromatic N) is 2. The highest BCUT2D eigenvalue weighted by atomic mass is 35.5. The van der Waals surface area contributed by atoms with Gasteiger partial charge in [0.2, 0.25) is 0 Å². The molecular weight excluding hydrogens is 588 g/mol. The van der Waals surface area contributed by atoms with E-state index in [9.17, 15) is 4.79 Å². The average Bonchev–Trinajstić information content (AvgIpc) is 3.36. The van der Waals surface area contributed by atoms with Gasteiger partial charge in [0.1, 0.15) is 5.65 Å². The van der Waals surface area contributed by atoms with Gasteiger partial charge in [-0.1, -0.05) is 35.7 Å². The number of benzene rings is 2. The van der Waals surface area contributed by atoms with Crippen molar-refractivity contribution in [3.8, 4) is 16.9 Å². The van der Waals surface area contributed by atoms with Crippen molar-refractivity contribution in [3.05, 3.63) is 80.1 Å². The number of aromatic nitrogens is 3. The number of nitrogens with two attached hydrogens (primary N) is 1. The van der Waals surface area contributed by atoms with Gasteiger partial charge in [0.05, 0.1) is 22.2 Å². The summed E-state index contributed by atoms with van der Waals surface area (Å²) in [4.78, 5) is 20.4. The van der Waals surface area contributed by atoms with Crippen LogP contribution in [-0.2, 0) is 6.42 Å². The number of hydrogen-bond acceptors (Lipinski definition) is 5. The molecule has 0 spiro atoms. The molecule has 0 radical (unpaired) electrons. The van der Waals surface area contributed by atoms with Crippen molar-refractivity contribution in [1.29, 1.82) is 5.41 Å². The first-order valence-corrected chi connectivity index (χ1v) is 15.6. The molecule has 0 amide bonds. The highest BCUT2D eigenvalue weighted by molar-refractivity contribution is 6.31. The molecule has 6 N–H and O–H groups in total. The predicted octanol–water partition coefficient (Wildman–Crippen LogP) is 6.66. The molecule has 1 fully saturated rings. The van der Waals surface area contributed by atoms with Crippen LogP contribution < -0.4 is 22.1 Å². The van der Waals surface area contributed by atoms with E-state index in [1.54, 1.807) is 37.4 Å². The Labute approximate surface area is 260 Å². The van der Waals surface area contributed by atoms with E-state index in [2.05, 4.69) is 20.6 Å². The van der Waals surface area contributed by atoms with Gasteiger partial charge in [0, 0.05) is 46.8 Å². The third kappa shape index (κ3) is 7.47. The molecule has 1 aliphatic heterocycles. The fourth-order valence-electron chi connectivity index (χ4n) is 5.81. The smallest absolute Gasteiger partial charge is 0.354 e. The molecule has 2 aromatic carbocycles. The Morgan fingerprint density at radius 1 is 1.23 bits per heavy atom. The monoisotopic (exact) mass is 625 g/mol. The largest absolute Gasteiger partial charge is 0.374 e. The molecule has 3 heterocycles. The second-order valence-electron chi connectivity index (χ2n) is 11.6. The summed E-state index contributed by atoms with van der Waals surface area (Å²) >= 11 is 13.0. The number of H-pyrrole nitrogens is 1. The number of amidine groups is 1. The molecule has 0 saturated carbocycles. The Morgan fingerprint density at radius 2 is 2.05 bits per heavy atom. The fourth-order valence-corrected chi connectivity index (χ4v) is 6.36. The lowest BCUT2D eigenvalue weighted by Crippen LogP contribution is -2.39. The topological polar surface area (TPSA) is 125 Å². The van der Waals surface area contributed by atoms with Crippen LogP contribution in [0.2, 0.25) is 10.0 Å². The van der Waals surface area contributed by atoms with Gasteiger partial charge in [0.25, 0.3) is 0 Å². The van der Waals surface area contributed by atoms with Crippen molar-refractivity contribution in [1.82, 2.24) is 25.2 Å². The molecule has 4 aromatic rings. The minimum atomic E-state index is -0.526. The highest BCUT2D eigenvalue weighted by Crippen LogP contribution is 2.34. The number of aromatic amines is 1. The van der Waals surface area contributed by atoms with Crippen molar-refractivity contribution in [2.75, 3.05) is 6.54 Å². The van der Waals surface area contributed by atoms with Crippen molar-refractivity contribution >= 4 is 40.1 Å². The summed E-state index contributed by atoms with van der Waals surface area (Å²) < 4.78 is 16.6. The van der Waals surface area contributed by atoms with Crippen molar-refractivity contribution in [2.45, 2.75) is 76.9 Å². The minimum absolute atomic E-state index is 0.0473. The SMILES string of the molecule is CC(=N)NCC[C@@H]1CCC[C@@H](c2ccc(-n3cc4cc(-c5cc(CCC[C@H](C)N)cc(Cl)c5F)[nH]c4nc3=O)cc2Cl)N1. The van der Waals surface area contributed by atoms with Crippen LogP contribution in [0.4, 0.5) is 4.39 Å². The average molecular weight is 627 g/mol. The van der Waals surface area contributed by atoms with E-state index in [0.29, 0.717) is 44.9 Å². The maximum atomic E-state index is 15.1. The van der Waals surface area contributed by atoms with E-state index in [1.165, 1.54) is 4.57 Å². The summed E-state index contributed by atoms with van der Waals surface area (Å²) in [6.45, 7) is 4.46. The lowest BCUT2D eigenvalue weighted by atomic mass is 9.92. The van der Waals surface area contributed by atoms with Crippen LogP contribution in [0.15, 0.2) is 47.4 Å². The molecule has 0 aliphatic carbocycles. The van der Waals surface area contributed by atoms with Gasteiger partial charge in [-0.15, -0.1) is 0 Å². The number of fused-ring (bicyclic) bond motifs is 1. The lowest BCUT2D eigenvalue weighted by molar-refractivity contribution is 0.312. The maximum absolute atomic E-state index is 15.1. The van der Waals surface area contributed by atoms with Crippen LogP contribution in [0.1, 0.15) is 69.5 Å². The zero-order valence-corrected chi connectivity index (χ0v) is 26.0. The van der Waals surface area contributed by atoms with Gasteiger partial charge in [-0.2, -0.15) is 4.98 Å². The second-order valence-corrected chi connectivity index (χ2v) is 12.4. The van der Waals surface area contributed by atoms with Gasteiger partial charge < -0.3 is 21.4 Å². The van der Waals surface area contributed by atoms with E-state index in [1.807, 2.05) is 19.1 Å². The summed E-state index contributed by atoms with van der Waals surface area (Å²) in [7, 11) is 0. The maximum Gasteiger partial charge on any atom is 0.354 e. The number of rotatable bonds is 10. The fraction of sp³-hybridized carbons (Fsp3) is 0.406. The molecule has 5 rings (SSSR count). The molecule has 0 bridgehead atoms. The Kier molecular flexibility index (Phi) is 9.86. The molecule has 8 nitrogen and oxygen atoms in total. The molecule has 11 heteroatoms. The molecule has 43 heavy (non-hydrogen) atoms. The Bertz CT molecular complexity index is 1680. The van der Waals surface area contributed by atoms with Gasteiger partial charge in [-0.25, -0.2) is 9.18 Å². The van der Waals surface area contributed by atoms with Crippen LogP contribution in [0.5, 0.6) is 0 Å². The van der Waals surface area contributed by atoms with E-state index < -0.39 is 11.5 Å². The first-order valence-electron chi connectivity index (χ1n) is 14.8. The number of nitrogens with one attached hydrogen (secondary N) is 4. The summed E-state index contributed by atoms with van der Waals surface area (Å²) in [5.41, 5.74) is 9.09. The van der Waals surface area contributed by atoms with E-state index in [4.69, 9.17) is 34.3 Å². The molecule has 1 aliphatic rings. The number of aryl methyl sites for hydroxylation is 1. The highest BCUT2D eigenvalue weighted by Gasteiger charge is 2.24. The summed E-state index contributed by atoms with van der Waals surface area (Å²) in [6, 6.07) is 11.4. The Morgan fingerprint density at radius 3 is 2.79 bits per heavy atom. The zero-order chi connectivity index (χ0) is 30.7. The Hall–Kier alpha value is -3.24. The zero-order valence-electron chi connectivity index (χ0n) is 24.4. The Balaban J connectivity index is 1.38. The van der Waals surface area contributed by atoms with Crippen molar-refractivity contribution < 1.29 is 4.39 Å². The molecule has 3 atom stereocenters. The number of halogens is 3. The summed E-state index contributed by atoms with van der Waals surface area (Å²) in [6.07, 6.45) is 8.21. The predicted molar refractivity (Wildman–Crippen MR) is 173 cm³/mol. The van der Waals surface area contributed by atoms with E-state index >= 15 is 4.39 Å². The first kappa shape index (κ1) is 31.2. The van der Waals surface area contributed by atoms with Crippen LogP contribution in [-0.4, -0.2) is 39.0 Å². The van der Waals surface area contributed by atoms with E-state index in [-0.39, 0.29) is 17.1 Å². The third-order valence-corrected chi connectivity index (χ3v) is 8.62. The first-order chi connectivity index (χ1) is 20.6. The second kappa shape index (κ2) is 13.6. The van der Waals surface area contributed by atoms with Gasteiger partial charge >= 0.3 is 5.69 Å². The van der Waals surface area contributed by atoms with Gasteiger partial charge in [-0.05, 0) is 93.8 Å². The van der Waals surface area contributed by atoms with Crippen LogP contribution in [0, 0.1) is 11.2 Å². The van der Waals surface area contributed by atoms with Crippen molar-refractivity contribution in [2.24, 2.45) is 5.73 Å². The minimum Gasteiger partial charge on any atom is -0.374 e. The third-order valence-electron chi connectivity index (χ3n) is 8.01. The van der Waals surface area contributed by atoms with Crippen molar-refractivity contribution in [3.63, 3.8) is 0 Å². The quantitative estimate of drug-likeness (QED) is 0.0996. The standard InChI is InChI=1S/C32H38Cl2FN7O/c1-18(36)5-3-6-20-13-25(30(35)27(34)14-20)29-15-21-17-42(32(43)41-31(21)40-29)23-9-10-24(26(33)16-23)28-8-4-7-22(39-28)11-12-38-19(2)37/h9-10,13-18,22,28,39H,3-8,11-12,36H2,1-2H3,(H2,37,38)(H,40,41,43)/t18-,22-,28-/m0/s1. The molecule has 0 unspecified atom stereocenters. The summed E-state index contributed by atoms with van der Waals surface area (Å²) in [5.74, 6) is -0.0549. The number of hydrogen-bond donors (Lipinski definition) is 5. The molecule has 228 valence electrons. The number of piperidine rings is 1. The lowest BCUT2D eigenvalue weighted by Gasteiger charge is -2.32. The van der Waals surface area contributed by atoms with Crippen LogP contribution in [0.3, 0.4) is 0 Å². The normalized spacial score (nSPS) is 17.7. The van der Waals surface area contributed by atoms with Gasteiger partial charge in [0.15, 0.2) is 5.82 Å². The molecular formula is C32H38Cl2FN7O. The summed E-state index contributed by atoms with van der Waals surface area (Å²) in [5, 5.41) is 15.6. The van der Waals surface area contributed by atoms with Crippen LogP contribution >= 0.6 is 23.2 Å². The van der Waals surface area contributed by atoms with Crippen LogP contribution in [0.25, 0.3) is 28.0 Å². The molecule has 2 aromatic heterocycles. The van der Waals surface area contributed by atoms with E-state index in [0.717, 1.165) is 62.6 Å².